The number of aromatic nitrogens is 4. The van der Waals surface area contributed by atoms with Crippen molar-refractivity contribution >= 4 is 5.95 Å². The van der Waals surface area contributed by atoms with Gasteiger partial charge in [-0.05, 0) is 26.8 Å². The third kappa shape index (κ3) is 3.14. The van der Waals surface area contributed by atoms with E-state index in [1.54, 1.807) is 6.92 Å². The molecule has 1 N–H and O–H groups in total. The van der Waals surface area contributed by atoms with Crippen LogP contribution in [0.25, 0.3) is 0 Å². The molecule has 0 radical (unpaired) electrons. The summed E-state index contributed by atoms with van der Waals surface area (Å²) in [5, 5.41) is 0. The molecule has 1 atom stereocenters. The summed E-state index contributed by atoms with van der Waals surface area (Å²) >= 11 is 0. The second-order valence-electron chi connectivity index (χ2n) is 5.51. The number of nitrogens with one attached hydrogen (secondary N) is 1. The monoisotopic (exact) mass is 301 g/mol. The van der Waals surface area contributed by atoms with Crippen LogP contribution in [0, 0.1) is 20.8 Å². The quantitative estimate of drug-likeness (QED) is 0.893. The van der Waals surface area contributed by atoms with Crippen LogP contribution in [-0.4, -0.2) is 39.6 Å². The molecule has 1 fully saturated rings. The minimum atomic E-state index is -0.251. The van der Waals surface area contributed by atoms with Gasteiger partial charge in [0.2, 0.25) is 5.95 Å². The van der Waals surface area contributed by atoms with Crippen LogP contribution in [0.2, 0.25) is 0 Å². The smallest absolute Gasteiger partial charge is 0.251 e. The Labute approximate surface area is 128 Å². The van der Waals surface area contributed by atoms with Gasteiger partial charge in [0.1, 0.15) is 11.9 Å². The number of ether oxygens (including phenoxy) is 1. The fourth-order valence-electron chi connectivity index (χ4n) is 2.63. The maximum atomic E-state index is 11.6. The molecule has 7 heteroatoms. The van der Waals surface area contributed by atoms with Gasteiger partial charge in [-0.15, -0.1) is 0 Å². The lowest BCUT2D eigenvalue weighted by Gasteiger charge is -2.32. The van der Waals surface area contributed by atoms with Crippen molar-refractivity contribution in [3.63, 3.8) is 0 Å². The van der Waals surface area contributed by atoms with Gasteiger partial charge in [0.15, 0.2) is 0 Å². The molecule has 1 unspecified atom stereocenters. The highest BCUT2D eigenvalue weighted by atomic mass is 16.5. The van der Waals surface area contributed by atoms with E-state index in [1.165, 1.54) is 6.07 Å². The second kappa shape index (κ2) is 5.84. The highest BCUT2D eigenvalue weighted by Crippen LogP contribution is 2.22. The summed E-state index contributed by atoms with van der Waals surface area (Å²) in [5.41, 5.74) is 2.37. The summed E-state index contributed by atoms with van der Waals surface area (Å²) in [5.74, 6) is 1.29. The highest BCUT2D eigenvalue weighted by molar-refractivity contribution is 5.33. The van der Waals surface area contributed by atoms with E-state index < -0.39 is 0 Å². The van der Waals surface area contributed by atoms with Crippen molar-refractivity contribution in [2.24, 2.45) is 0 Å². The van der Waals surface area contributed by atoms with Crippen molar-refractivity contribution < 1.29 is 4.74 Å². The maximum absolute atomic E-state index is 11.6. The number of hydrogen-bond donors (Lipinski definition) is 1. The minimum Gasteiger partial charge on any atom is -0.368 e. The lowest BCUT2D eigenvalue weighted by Crippen LogP contribution is -2.40. The number of aryl methyl sites for hydroxylation is 3. The zero-order valence-corrected chi connectivity index (χ0v) is 13.0. The summed E-state index contributed by atoms with van der Waals surface area (Å²) in [7, 11) is 0. The van der Waals surface area contributed by atoms with Crippen molar-refractivity contribution in [3.05, 3.63) is 45.4 Å². The van der Waals surface area contributed by atoms with Crippen LogP contribution in [0.15, 0.2) is 16.9 Å². The van der Waals surface area contributed by atoms with E-state index in [4.69, 9.17) is 4.74 Å². The van der Waals surface area contributed by atoms with Gasteiger partial charge < -0.3 is 14.6 Å². The fraction of sp³-hybridized carbons (Fsp3) is 0.467. The Morgan fingerprint density at radius 1 is 1.18 bits per heavy atom. The van der Waals surface area contributed by atoms with E-state index in [9.17, 15) is 4.79 Å². The molecule has 116 valence electrons. The molecule has 3 rings (SSSR count). The third-order valence-electron chi connectivity index (χ3n) is 3.53. The molecule has 0 aliphatic carbocycles. The number of anilines is 1. The Bertz CT molecular complexity index is 723. The summed E-state index contributed by atoms with van der Waals surface area (Å²) < 4.78 is 5.77. The lowest BCUT2D eigenvalue weighted by molar-refractivity contribution is 0.0362. The van der Waals surface area contributed by atoms with Crippen molar-refractivity contribution in [2.75, 3.05) is 24.6 Å². The van der Waals surface area contributed by atoms with E-state index in [0.717, 1.165) is 17.9 Å². The molecule has 0 aromatic carbocycles. The predicted molar refractivity (Wildman–Crippen MR) is 82.0 cm³/mol. The molecule has 7 nitrogen and oxygen atoms in total. The Hall–Kier alpha value is -2.28. The molecule has 3 heterocycles. The molecule has 1 aliphatic rings. The average Bonchev–Trinajstić information content (AvgIpc) is 2.45. The van der Waals surface area contributed by atoms with E-state index in [1.807, 2.05) is 19.9 Å². The first-order valence-corrected chi connectivity index (χ1v) is 7.28. The first kappa shape index (κ1) is 14.6. The number of H-pyrrole nitrogens is 1. The number of rotatable bonds is 2. The van der Waals surface area contributed by atoms with Crippen molar-refractivity contribution in [2.45, 2.75) is 26.9 Å². The van der Waals surface area contributed by atoms with Crippen molar-refractivity contribution in [1.82, 2.24) is 19.9 Å². The molecule has 0 amide bonds. The van der Waals surface area contributed by atoms with Crippen LogP contribution in [0.5, 0.6) is 0 Å². The number of morpholine rings is 1. The van der Waals surface area contributed by atoms with Gasteiger partial charge in [0, 0.05) is 24.0 Å². The van der Waals surface area contributed by atoms with Gasteiger partial charge in [-0.3, -0.25) is 4.79 Å². The second-order valence-corrected chi connectivity index (χ2v) is 5.51. The summed E-state index contributed by atoms with van der Waals surface area (Å²) in [6.45, 7) is 7.53. The molecule has 0 saturated carbocycles. The summed E-state index contributed by atoms with van der Waals surface area (Å²) in [6.07, 6.45) is -0.251. The van der Waals surface area contributed by atoms with Crippen LogP contribution >= 0.6 is 0 Å². The van der Waals surface area contributed by atoms with Gasteiger partial charge in [0.25, 0.3) is 5.56 Å². The van der Waals surface area contributed by atoms with Crippen LogP contribution in [-0.2, 0) is 4.74 Å². The molecule has 22 heavy (non-hydrogen) atoms. The molecular formula is C15H19N5O2. The van der Waals surface area contributed by atoms with Gasteiger partial charge in [-0.2, -0.15) is 0 Å². The number of aromatic amines is 1. The molecule has 1 aliphatic heterocycles. The topological polar surface area (TPSA) is 84.0 Å². The minimum absolute atomic E-state index is 0.161. The highest BCUT2D eigenvalue weighted by Gasteiger charge is 2.25. The number of hydrogen-bond acceptors (Lipinski definition) is 6. The Morgan fingerprint density at radius 3 is 2.59 bits per heavy atom. The Balaban J connectivity index is 1.86. The normalized spacial score (nSPS) is 18.5. The van der Waals surface area contributed by atoms with Gasteiger partial charge in [0.05, 0.1) is 18.8 Å². The largest absolute Gasteiger partial charge is 0.368 e. The van der Waals surface area contributed by atoms with E-state index >= 15 is 0 Å². The zero-order valence-electron chi connectivity index (χ0n) is 13.0. The maximum Gasteiger partial charge on any atom is 0.251 e. The number of nitrogens with zero attached hydrogens (tertiary/aromatic N) is 4. The van der Waals surface area contributed by atoms with E-state index in [0.29, 0.717) is 30.6 Å². The van der Waals surface area contributed by atoms with Crippen LogP contribution < -0.4 is 10.5 Å². The van der Waals surface area contributed by atoms with Crippen LogP contribution in [0.4, 0.5) is 5.95 Å². The lowest BCUT2D eigenvalue weighted by atomic mass is 10.2. The van der Waals surface area contributed by atoms with Crippen molar-refractivity contribution in [1.29, 1.82) is 0 Å². The van der Waals surface area contributed by atoms with Gasteiger partial charge >= 0.3 is 0 Å². The van der Waals surface area contributed by atoms with E-state index in [-0.39, 0.29) is 11.7 Å². The van der Waals surface area contributed by atoms with Crippen LogP contribution in [0.3, 0.4) is 0 Å². The zero-order chi connectivity index (χ0) is 15.7. The first-order chi connectivity index (χ1) is 10.5. The SMILES string of the molecule is Cc1cc(C)nc(N2CCOC(c3cc(=O)[nH]c(C)n3)C2)n1. The van der Waals surface area contributed by atoms with Gasteiger partial charge in [-0.25, -0.2) is 15.0 Å². The van der Waals surface area contributed by atoms with Crippen molar-refractivity contribution in [3.8, 4) is 0 Å². The van der Waals surface area contributed by atoms with E-state index in [2.05, 4.69) is 24.8 Å². The third-order valence-corrected chi connectivity index (χ3v) is 3.53. The molecule has 1 saturated heterocycles. The fourth-order valence-corrected chi connectivity index (χ4v) is 2.63. The summed E-state index contributed by atoms with van der Waals surface area (Å²) in [4.78, 5) is 29.7. The molecule has 2 aromatic heterocycles. The molecule has 2 aromatic rings. The Morgan fingerprint density at radius 2 is 1.91 bits per heavy atom. The molecule has 0 bridgehead atoms. The first-order valence-electron chi connectivity index (χ1n) is 7.28. The molecule has 0 spiro atoms. The van der Waals surface area contributed by atoms with Crippen LogP contribution in [0.1, 0.15) is 29.0 Å². The van der Waals surface area contributed by atoms with Gasteiger partial charge in [-0.1, -0.05) is 0 Å². The average molecular weight is 301 g/mol. The molecular weight excluding hydrogens is 282 g/mol. The standard InChI is InChI=1S/C15H19N5O2/c1-9-6-10(2)17-15(16-9)20-4-5-22-13(8-20)12-7-14(21)19-11(3)18-12/h6-7,13H,4-5,8H2,1-3H3,(H,18,19,21). The predicted octanol–water partition coefficient (Wildman–Crippen LogP) is 1.06. The Kier molecular flexibility index (Phi) is 3.89. The summed E-state index contributed by atoms with van der Waals surface area (Å²) in [6, 6.07) is 3.44.